The molecule has 3 nitrogen and oxygen atoms in total. The molecule has 4 heteroatoms. The predicted molar refractivity (Wildman–Crippen MR) is 79.6 cm³/mol. The van der Waals surface area contributed by atoms with Crippen LogP contribution in [0.3, 0.4) is 0 Å². The van der Waals surface area contributed by atoms with E-state index < -0.39 is 0 Å². The Balaban J connectivity index is 2.52. The fourth-order valence-electron chi connectivity index (χ4n) is 1.96. The van der Waals surface area contributed by atoms with Crippen LogP contribution in [-0.4, -0.2) is 16.6 Å². The largest absolute Gasteiger partial charge is 0.371 e. The van der Waals surface area contributed by atoms with Crippen LogP contribution < -0.4 is 0 Å². The van der Waals surface area contributed by atoms with Crippen molar-refractivity contribution in [3.8, 4) is 11.3 Å². The van der Waals surface area contributed by atoms with Gasteiger partial charge in [-0.1, -0.05) is 42.5 Å². The Hall–Kier alpha value is -1.52. The van der Waals surface area contributed by atoms with E-state index in [1.807, 2.05) is 39.0 Å². The van der Waals surface area contributed by atoms with Gasteiger partial charge in [-0.15, -0.1) is 0 Å². The molecular weight excluding hydrogens is 256 g/mol. The van der Waals surface area contributed by atoms with Crippen molar-refractivity contribution < 1.29 is 4.74 Å². The Morgan fingerprint density at radius 3 is 2.63 bits per heavy atom. The summed E-state index contributed by atoms with van der Waals surface area (Å²) in [4.78, 5) is 7.76. The molecule has 0 spiro atoms. The molecule has 0 amide bonds. The Morgan fingerprint density at radius 2 is 2.00 bits per heavy atom. The first kappa shape index (κ1) is 13.9. The quantitative estimate of drug-likeness (QED) is 0.849. The number of H-pyrrole nitrogens is 1. The third-order valence-electron chi connectivity index (χ3n) is 3.04. The first-order chi connectivity index (χ1) is 9.13. The van der Waals surface area contributed by atoms with Gasteiger partial charge in [0.2, 0.25) is 0 Å². The lowest BCUT2D eigenvalue weighted by molar-refractivity contribution is 0.0700. The normalized spacial score (nSPS) is 12.4. The van der Waals surface area contributed by atoms with Gasteiger partial charge in [0.1, 0.15) is 16.6 Å². The van der Waals surface area contributed by atoms with E-state index in [0.29, 0.717) is 11.2 Å². The second-order valence-electron chi connectivity index (χ2n) is 4.39. The van der Waals surface area contributed by atoms with E-state index in [0.717, 1.165) is 22.6 Å². The van der Waals surface area contributed by atoms with Crippen LogP contribution in [0.15, 0.2) is 30.3 Å². The smallest absolute Gasteiger partial charge is 0.137 e. The lowest BCUT2D eigenvalue weighted by Gasteiger charge is -2.14. The number of nitrogens with zero attached hydrogens (tertiary/aromatic N) is 1. The average Bonchev–Trinajstić information content (AvgIpc) is 2.43. The van der Waals surface area contributed by atoms with Gasteiger partial charge in [-0.3, -0.25) is 0 Å². The molecule has 1 aromatic carbocycles. The summed E-state index contributed by atoms with van der Waals surface area (Å²) in [5.74, 6) is 0.774. The van der Waals surface area contributed by atoms with Crippen molar-refractivity contribution in [1.29, 1.82) is 0 Å². The maximum atomic E-state index is 5.57. The van der Waals surface area contributed by atoms with Gasteiger partial charge < -0.3 is 9.72 Å². The van der Waals surface area contributed by atoms with Gasteiger partial charge in [-0.05, 0) is 26.3 Å². The highest BCUT2D eigenvalue weighted by Crippen LogP contribution is 2.23. The Kier molecular flexibility index (Phi) is 4.45. The third-order valence-corrected chi connectivity index (χ3v) is 3.43. The lowest BCUT2D eigenvalue weighted by Crippen LogP contribution is -2.07. The van der Waals surface area contributed by atoms with Gasteiger partial charge in [-0.25, -0.2) is 4.98 Å². The van der Waals surface area contributed by atoms with E-state index in [4.69, 9.17) is 17.0 Å². The molecule has 1 N–H and O–H groups in total. The zero-order chi connectivity index (χ0) is 13.8. The molecule has 0 saturated carbocycles. The molecule has 19 heavy (non-hydrogen) atoms. The molecule has 0 saturated heterocycles. The Labute approximate surface area is 118 Å². The van der Waals surface area contributed by atoms with Crippen LogP contribution in [0.4, 0.5) is 0 Å². The second kappa shape index (κ2) is 6.08. The number of nitrogens with one attached hydrogen (secondary N) is 1. The second-order valence-corrected chi connectivity index (χ2v) is 4.78. The number of benzene rings is 1. The standard InChI is InChI=1S/C15H18N2OS/c1-4-18-11(3)14-16-13(10(2)15(19)17-14)12-8-6-5-7-9-12/h5-9,11H,4H2,1-3H3,(H,16,17,19). The first-order valence-corrected chi connectivity index (χ1v) is 6.82. The highest BCUT2D eigenvalue weighted by atomic mass is 32.1. The van der Waals surface area contributed by atoms with Crippen LogP contribution in [0.25, 0.3) is 11.3 Å². The molecule has 0 radical (unpaired) electrons. The van der Waals surface area contributed by atoms with Gasteiger partial charge in [0, 0.05) is 12.2 Å². The van der Waals surface area contributed by atoms with Gasteiger partial charge in [0.15, 0.2) is 0 Å². The van der Waals surface area contributed by atoms with E-state index in [9.17, 15) is 0 Å². The van der Waals surface area contributed by atoms with Crippen LogP contribution in [0.5, 0.6) is 0 Å². The summed E-state index contributed by atoms with van der Waals surface area (Å²) in [6.07, 6.45) is -0.0882. The number of ether oxygens (including phenoxy) is 1. The molecule has 0 aliphatic heterocycles. The van der Waals surface area contributed by atoms with E-state index in [-0.39, 0.29) is 6.10 Å². The minimum Gasteiger partial charge on any atom is -0.371 e. The maximum Gasteiger partial charge on any atom is 0.137 e. The van der Waals surface area contributed by atoms with Crippen molar-refractivity contribution >= 4 is 12.2 Å². The lowest BCUT2D eigenvalue weighted by atomic mass is 10.1. The minimum atomic E-state index is -0.0882. The highest BCUT2D eigenvalue weighted by Gasteiger charge is 2.12. The number of aromatic amines is 1. The summed E-state index contributed by atoms with van der Waals surface area (Å²) in [6.45, 7) is 6.58. The van der Waals surface area contributed by atoms with Crippen molar-refractivity contribution in [1.82, 2.24) is 9.97 Å². The topological polar surface area (TPSA) is 37.9 Å². The summed E-state index contributed by atoms with van der Waals surface area (Å²) in [5, 5.41) is 0. The molecule has 2 rings (SSSR count). The number of hydrogen-bond donors (Lipinski definition) is 1. The number of hydrogen-bond acceptors (Lipinski definition) is 3. The number of aromatic nitrogens is 2. The molecule has 1 unspecified atom stereocenters. The molecule has 1 aromatic heterocycles. The molecule has 100 valence electrons. The summed E-state index contributed by atoms with van der Waals surface area (Å²) < 4.78 is 6.20. The maximum absolute atomic E-state index is 5.57. The summed E-state index contributed by atoms with van der Waals surface area (Å²) in [7, 11) is 0. The van der Waals surface area contributed by atoms with Crippen molar-refractivity contribution in [3.63, 3.8) is 0 Å². The Morgan fingerprint density at radius 1 is 1.32 bits per heavy atom. The van der Waals surface area contributed by atoms with E-state index in [1.54, 1.807) is 0 Å². The van der Waals surface area contributed by atoms with Crippen molar-refractivity contribution in [2.75, 3.05) is 6.61 Å². The molecule has 0 aliphatic rings. The molecule has 0 aliphatic carbocycles. The fraction of sp³-hybridized carbons (Fsp3) is 0.333. The van der Waals surface area contributed by atoms with Gasteiger partial charge in [0.25, 0.3) is 0 Å². The SMILES string of the molecule is CCOC(C)c1nc(=S)c(C)c(-c2ccccc2)[nH]1. The summed E-state index contributed by atoms with van der Waals surface area (Å²) in [5.41, 5.74) is 3.12. The summed E-state index contributed by atoms with van der Waals surface area (Å²) in [6, 6.07) is 10.1. The zero-order valence-electron chi connectivity index (χ0n) is 11.4. The van der Waals surface area contributed by atoms with E-state index in [1.165, 1.54) is 0 Å². The zero-order valence-corrected chi connectivity index (χ0v) is 12.3. The van der Waals surface area contributed by atoms with E-state index in [2.05, 4.69) is 22.1 Å². The molecule has 1 heterocycles. The third kappa shape index (κ3) is 3.08. The fourth-order valence-corrected chi connectivity index (χ4v) is 2.17. The summed E-state index contributed by atoms with van der Waals surface area (Å²) >= 11 is 5.34. The van der Waals surface area contributed by atoms with Gasteiger partial charge in [-0.2, -0.15) is 0 Å². The van der Waals surface area contributed by atoms with Crippen LogP contribution >= 0.6 is 12.2 Å². The van der Waals surface area contributed by atoms with Crippen LogP contribution in [-0.2, 0) is 4.74 Å². The molecule has 0 bridgehead atoms. The van der Waals surface area contributed by atoms with Crippen molar-refractivity contribution in [3.05, 3.63) is 46.4 Å². The highest BCUT2D eigenvalue weighted by molar-refractivity contribution is 7.71. The average molecular weight is 274 g/mol. The van der Waals surface area contributed by atoms with Crippen molar-refractivity contribution in [2.45, 2.75) is 26.9 Å². The molecular formula is C15H18N2OS. The monoisotopic (exact) mass is 274 g/mol. The molecule has 1 atom stereocenters. The molecule has 2 aromatic rings. The van der Waals surface area contributed by atoms with Crippen LogP contribution in [0.1, 0.15) is 31.3 Å². The Bertz CT molecular complexity index is 607. The van der Waals surface area contributed by atoms with Gasteiger partial charge >= 0.3 is 0 Å². The van der Waals surface area contributed by atoms with Crippen LogP contribution in [0.2, 0.25) is 0 Å². The van der Waals surface area contributed by atoms with Crippen LogP contribution in [0, 0.1) is 11.6 Å². The van der Waals surface area contributed by atoms with Gasteiger partial charge in [0.05, 0.1) is 5.69 Å². The predicted octanol–water partition coefficient (Wildman–Crippen LogP) is 4.21. The number of rotatable bonds is 4. The van der Waals surface area contributed by atoms with E-state index >= 15 is 0 Å². The first-order valence-electron chi connectivity index (χ1n) is 6.41. The van der Waals surface area contributed by atoms with Crippen molar-refractivity contribution in [2.24, 2.45) is 0 Å². The minimum absolute atomic E-state index is 0.0882. The molecule has 0 fully saturated rings.